The van der Waals surface area contributed by atoms with Gasteiger partial charge in [-0.3, -0.25) is 14.5 Å². The first-order chi connectivity index (χ1) is 10.4. The van der Waals surface area contributed by atoms with Gasteiger partial charge < -0.3 is 16.0 Å². The van der Waals surface area contributed by atoms with Crippen molar-refractivity contribution in [3.63, 3.8) is 0 Å². The monoisotopic (exact) mass is 382 g/mol. The van der Waals surface area contributed by atoms with Crippen LogP contribution in [0.3, 0.4) is 0 Å². The molecule has 2 amide bonds. The zero-order valence-corrected chi connectivity index (χ0v) is 16.4. The van der Waals surface area contributed by atoms with Gasteiger partial charge in [-0.1, -0.05) is 0 Å². The number of piperidine rings is 1. The zero-order valence-electron chi connectivity index (χ0n) is 14.8. The molecule has 2 fully saturated rings. The van der Waals surface area contributed by atoms with Gasteiger partial charge in [0.25, 0.3) is 0 Å². The number of nitrogens with one attached hydrogen (secondary N) is 1. The van der Waals surface area contributed by atoms with Crippen molar-refractivity contribution in [2.45, 2.75) is 45.1 Å². The Hall–Kier alpha value is -0.560. The zero-order chi connectivity index (χ0) is 16.2. The summed E-state index contributed by atoms with van der Waals surface area (Å²) in [6.07, 6.45) is 4.04. The molecule has 2 aliphatic heterocycles. The molecule has 2 heterocycles. The van der Waals surface area contributed by atoms with Crippen LogP contribution in [0.5, 0.6) is 0 Å². The molecule has 0 aliphatic carbocycles. The van der Waals surface area contributed by atoms with Crippen LogP contribution in [0.4, 0.5) is 0 Å². The summed E-state index contributed by atoms with van der Waals surface area (Å²) in [5.74, 6) is 0.647. The Labute approximate surface area is 157 Å². The van der Waals surface area contributed by atoms with Crippen molar-refractivity contribution in [3.8, 4) is 0 Å². The fraction of sp³-hybridized carbons (Fsp3) is 0.875. The van der Waals surface area contributed by atoms with E-state index in [1.165, 1.54) is 12.8 Å². The molecule has 0 aromatic rings. The van der Waals surface area contributed by atoms with Crippen molar-refractivity contribution in [1.29, 1.82) is 0 Å². The molecule has 0 atom stereocenters. The second-order valence-corrected chi connectivity index (χ2v) is 7.02. The van der Waals surface area contributed by atoms with Gasteiger partial charge in [-0.05, 0) is 52.1 Å². The number of hydrogen-bond acceptors (Lipinski definition) is 4. The Morgan fingerprint density at radius 1 is 1.08 bits per heavy atom. The van der Waals surface area contributed by atoms with Gasteiger partial charge in [-0.25, -0.2) is 0 Å². The molecule has 0 radical (unpaired) electrons. The summed E-state index contributed by atoms with van der Waals surface area (Å²) in [7, 11) is 0. The molecule has 142 valence electrons. The third kappa shape index (κ3) is 6.06. The average Bonchev–Trinajstić information content (AvgIpc) is 2.53. The van der Waals surface area contributed by atoms with Crippen LogP contribution < -0.4 is 11.1 Å². The molecule has 2 aliphatic rings. The maximum Gasteiger partial charge on any atom is 0.237 e. The number of primary amides is 1. The number of carbonyl (C=O) groups excluding carboxylic acids is 2. The van der Waals surface area contributed by atoms with Crippen LogP contribution in [0.25, 0.3) is 0 Å². The van der Waals surface area contributed by atoms with Crippen molar-refractivity contribution in [1.82, 2.24) is 15.1 Å². The van der Waals surface area contributed by atoms with Crippen LogP contribution in [0.2, 0.25) is 0 Å². The first kappa shape index (κ1) is 23.4. The number of nitrogens with two attached hydrogens (primary N) is 1. The van der Waals surface area contributed by atoms with E-state index in [1.807, 2.05) is 18.7 Å². The number of rotatable bonds is 5. The topological polar surface area (TPSA) is 78.7 Å². The van der Waals surface area contributed by atoms with Gasteiger partial charge in [0.1, 0.15) is 0 Å². The smallest absolute Gasteiger partial charge is 0.237 e. The molecular formula is C16H32Cl2N4O2. The molecule has 2 saturated heterocycles. The number of nitrogens with zero attached hydrogens (tertiary/aromatic N) is 2. The summed E-state index contributed by atoms with van der Waals surface area (Å²) in [5, 5.41) is 3.36. The van der Waals surface area contributed by atoms with Crippen molar-refractivity contribution in [2.75, 3.05) is 39.3 Å². The predicted octanol–water partition coefficient (Wildman–Crippen LogP) is 1.02. The van der Waals surface area contributed by atoms with Gasteiger partial charge in [0, 0.05) is 32.6 Å². The molecule has 0 bridgehead atoms. The number of amides is 2. The highest BCUT2D eigenvalue weighted by molar-refractivity contribution is 5.85. The highest BCUT2D eigenvalue weighted by Gasteiger charge is 2.35. The van der Waals surface area contributed by atoms with Crippen molar-refractivity contribution in [2.24, 2.45) is 11.7 Å². The molecule has 6 nitrogen and oxygen atoms in total. The van der Waals surface area contributed by atoms with Gasteiger partial charge in [0.05, 0.1) is 5.54 Å². The van der Waals surface area contributed by atoms with E-state index in [-0.39, 0.29) is 36.6 Å². The van der Waals surface area contributed by atoms with E-state index in [0.29, 0.717) is 25.4 Å². The van der Waals surface area contributed by atoms with E-state index in [2.05, 4.69) is 10.2 Å². The lowest BCUT2D eigenvalue weighted by molar-refractivity contribution is -0.136. The Bertz CT molecular complexity index is 407. The predicted molar refractivity (Wildman–Crippen MR) is 101 cm³/mol. The lowest BCUT2D eigenvalue weighted by atomic mass is 9.93. The molecule has 3 N–H and O–H groups in total. The van der Waals surface area contributed by atoms with Crippen LogP contribution in [0, 0.1) is 5.92 Å². The molecule has 0 aromatic heterocycles. The minimum atomic E-state index is -0.635. The SMILES string of the molecule is CC(C)(C(N)=O)N1CCN(C(=O)CCC2CCNCC2)CC1.Cl.Cl. The second kappa shape index (κ2) is 10.4. The van der Waals surface area contributed by atoms with Gasteiger partial charge in [0.15, 0.2) is 0 Å². The van der Waals surface area contributed by atoms with Gasteiger partial charge in [-0.15, -0.1) is 24.8 Å². The normalized spacial score (nSPS) is 20.0. The van der Waals surface area contributed by atoms with Crippen molar-refractivity contribution >= 4 is 36.6 Å². The maximum absolute atomic E-state index is 12.3. The fourth-order valence-electron chi connectivity index (χ4n) is 3.33. The Morgan fingerprint density at radius 2 is 1.62 bits per heavy atom. The van der Waals surface area contributed by atoms with Gasteiger partial charge >= 0.3 is 0 Å². The number of piperazine rings is 1. The first-order valence-corrected chi connectivity index (χ1v) is 8.44. The minimum absolute atomic E-state index is 0. The Balaban J connectivity index is 0.00000264. The van der Waals surface area contributed by atoms with E-state index >= 15 is 0 Å². The van der Waals surface area contributed by atoms with E-state index in [9.17, 15) is 9.59 Å². The lowest BCUT2D eigenvalue weighted by Gasteiger charge is -2.42. The van der Waals surface area contributed by atoms with E-state index in [0.717, 1.165) is 32.6 Å². The highest BCUT2D eigenvalue weighted by Crippen LogP contribution is 2.20. The van der Waals surface area contributed by atoms with Crippen molar-refractivity contribution in [3.05, 3.63) is 0 Å². The van der Waals surface area contributed by atoms with Crippen molar-refractivity contribution < 1.29 is 9.59 Å². The largest absolute Gasteiger partial charge is 0.368 e. The van der Waals surface area contributed by atoms with Crippen LogP contribution in [-0.4, -0.2) is 66.4 Å². The quantitative estimate of drug-likeness (QED) is 0.743. The average molecular weight is 383 g/mol. The summed E-state index contributed by atoms with van der Waals surface area (Å²) < 4.78 is 0. The standard InChI is InChI=1S/C16H30N4O2.2ClH/c1-16(2,15(17)22)20-11-9-19(10-12-20)14(21)4-3-13-5-7-18-8-6-13;;/h13,18H,3-12H2,1-2H3,(H2,17,22);2*1H. The van der Waals surface area contributed by atoms with Crippen LogP contribution in [0.15, 0.2) is 0 Å². The Morgan fingerprint density at radius 3 is 2.12 bits per heavy atom. The van der Waals surface area contributed by atoms with Gasteiger partial charge in [0.2, 0.25) is 11.8 Å². The summed E-state index contributed by atoms with van der Waals surface area (Å²) in [6.45, 7) is 8.70. The second-order valence-electron chi connectivity index (χ2n) is 7.02. The summed E-state index contributed by atoms with van der Waals surface area (Å²) in [4.78, 5) is 27.9. The van der Waals surface area contributed by atoms with Crippen LogP contribution in [0.1, 0.15) is 39.5 Å². The Kier molecular flexibility index (Phi) is 10.2. The molecule has 0 saturated carbocycles. The first-order valence-electron chi connectivity index (χ1n) is 8.44. The fourth-order valence-corrected chi connectivity index (χ4v) is 3.33. The third-order valence-electron chi connectivity index (χ3n) is 5.25. The van der Waals surface area contributed by atoms with E-state index < -0.39 is 5.54 Å². The molecule has 24 heavy (non-hydrogen) atoms. The molecule has 8 heteroatoms. The van der Waals surface area contributed by atoms with E-state index in [4.69, 9.17) is 5.73 Å². The molecule has 0 spiro atoms. The van der Waals surface area contributed by atoms with E-state index in [1.54, 1.807) is 0 Å². The number of halogens is 2. The number of carbonyl (C=O) groups is 2. The van der Waals surface area contributed by atoms with Crippen LogP contribution >= 0.6 is 24.8 Å². The highest BCUT2D eigenvalue weighted by atomic mass is 35.5. The minimum Gasteiger partial charge on any atom is -0.368 e. The molecular weight excluding hydrogens is 351 g/mol. The molecule has 0 unspecified atom stereocenters. The molecule has 2 rings (SSSR count). The summed E-state index contributed by atoms with van der Waals surface area (Å²) >= 11 is 0. The van der Waals surface area contributed by atoms with Gasteiger partial charge in [-0.2, -0.15) is 0 Å². The third-order valence-corrected chi connectivity index (χ3v) is 5.25. The molecule has 0 aromatic carbocycles. The summed E-state index contributed by atoms with van der Waals surface area (Å²) in [5.41, 5.74) is 4.82. The number of hydrogen-bond donors (Lipinski definition) is 2. The lowest BCUT2D eigenvalue weighted by Crippen LogP contribution is -2.60. The summed E-state index contributed by atoms with van der Waals surface area (Å²) in [6, 6.07) is 0. The van der Waals surface area contributed by atoms with Crippen LogP contribution in [-0.2, 0) is 9.59 Å². The maximum atomic E-state index is 12.3.